The Morgan fingerprint density at radius 2 is 1.23 bits per heavy atom. The molecular weight excluding hydrogens is 769 g/mol. The first-order chi connectivity index (χ1) is 24.9. The van der Waals surface area contributed by atoms with E-state index in [9.17, 15) is 34.2 Å². The number of carbonyl (C=O) groups excluding carboxylic acids is 5. The van der Waals surface area contributed by atoms with Crippen molar-refractivity contribution in [1.82, 2.24) is 0 Å². The van der Waals surface area contributed by atoms with E-state index in [2.05, 4.69) is 0 Å². The molecule has 12 nitrogen and oxygen atoms in total. The molecule has 9 fully saturated rings. The van der Waals surface area contributed by atoms with Crippen molar-refractivity contribution in [3.05, 3.63) is 0 Å². The number of rotatable bonds is 12. The van der Waals surface area contributed by atoms with E-state index in [1.54, 1.807) is 20.8 Å². The number of ether oxygens (including phenoxy) is 5. The zero-order chi connectivity index (χ0) is 39.3. The van der Waals surface area contributed by atoms with Gasteiger partial charge in [-0.2, -0.15) is 0 Å². The lowest BCUT2D eigenvalue weighted by Gasteiger charge is -2.62. The molecule has 1 heterocycles. The van der Waals surface area contributed by atoms with Crippen molar-refractivity contribution in [2.45, 2.75) is 235 Å². The van der Waals surface area contributed by atoms with Gasteiger partial charge in [-0.05, 0) is 123 Å². The van der Waals surface area contributed by atoms with E-state index in [0.717, 1.165) is 19.3 Å². The van der Waals surface area contributed by atoms with Gasteiger partial charge in [0.1, 0.15) is 22.4 Å². The molecule has 2 N–H and O–H groups in total. The van der Waals surface area contributed by atoms with Crippen molar-refractivity contribution in [3.8, 4) is 0 Å². The zero-order valence-corrected chi connectivity index (χ0v) is 33.3. The fourth-order valence-electron chi connectivity index (χ4n) is 12.7. The molecule has 9 rings (SSSR count). The smallest absolute Gasteiger partial charge is 0.312 e. The molecule has 0 amide bonds. The second-order valence-electron chi connectivity index (χ2n) is 20.8. The van der Waals surface area contributed by atoms with E-state index in [1.165, 1.54) is 0 Å². The summed E-state index contributed by atoms with van der Waals surface area (Å²) in [6.45, 7) is 12.5. The fraction of sp³-hybridized carbons (Fsp3) is 0.896. The summed E-state index contributed by atoms with van der Waals surface area (Å²) in [6, 6.07) is 0. The summed E-state index contributed by atoms with van der Waals surface area (Å²) >= 11 is 0. The number of aliphatic hydroxyl groups is 2. The van der Waals surface area contributed by atoms with Crippen LogP contribution < -0.4 is 0 Å². The van der Waals surface area contributed by atoms with Crippen molar-refractivity contribution in [1.29, 1.82) is 0 Å². The molecule has 350 valence electrons. The van der Waals surface area contributed by atoms with Crippen LogP contribution in [0.1, 0.15) is 196 Å². The molecule has 60 heavy (non-hydrogen) atoms. The Morgan fingerprint density at radius 3 is 1.72 bits per heavy atom. The van der Waals surface area contributed by atoms with E-state index in [0.29, 0.717) is 44.9 Å². The molecule has 8 aliphatic carbocycles. The Hall–Kier alpha value is -2.73. The fourth-order valence-corrected chi connectivity index (χ4v) is 12.7. The first-order valence-electron chi connectivity index (χ1n) is 20.5. The van der Waals surface area contributed by atoms with Gasteiger partial charge in [0.2, 0.25) is 0 Å². The topological polar surface area (TPSA) is 172 Å². The van der Waals surface area contributed by atoms with Crippen LogP contribution in [-0.4, -0.2) is 79.8 Å². The van der Waals surface area contributed by atoms with Crippen molar-refractivity contribution in [2.24, 2.45) is 40.9 Å². The maximum absolute atomic E-state index is 14.4. The average molecular weight is 855 g/mol. The van der Waals surface area contributed by atoms with E-state index in [-0.39, 0.29) is 107 Å². The van der Waals surface area contributed by atoms with Crippen LogP contribution in [0.3, 0.4) is 0 Å². The average Bonchev–Trinajstić information content (AvgIpc) is 3.24. The minimum Gasteiger partial charge on any atom is -0.460 e. The van der Waals surface area contributed by atoms with Crippen molar-refractivity contribution in [3.63, 3.8) is 0 Å². The van der Waals surface area contributed by atoms with Crippen molar-refractivity contribution >= 4 is 29.8 Å². The quantitative estimate of drug-likeness (QED) is 0.141. The molecule has 0 aromatic rings. The van der Waals surface area contributed by atoms with Gasteiger partial charge in [0, 0.05) is 25.7 Å². The molecule has 0 aromatic heterocycles. The van der Waals surface area contributed by atoms with Crippen LogP contribution in [0.2, 0.25) is 0 Å². The molecular formula is C48H86O12. The summed E-state index contributed by atoms with van der Waals surface area (Å²) < 4.78 is 29.9. The highest BCUT2D eigenvalue weighted by atomic mass is 16.6. The summed E-state index contributed by atoms with van der Waals surface area (Å²) in [5, 5.41) is 22.8. The molecule has 8 unspecified atom stereocenters. The minimum absolute atomic E-state index is 0. The van der Waals surface area contributed by atoms with Crippen LogP contribution in [0.5, 0.6) is 0 Å². The molecule has 0 radical (unpaired) electrons. The third-order valence-corrected chi connectivity index (χ3v) is 14.0. The Balaban J connectivity index is 0.00000300. The first-order valence-corrected chi connectivity index (χ1v) is 20.5. The number of hydrogen-bond acceptors (Lipinski definition) is 12. The Bertz CT molecular complexity index is 1530. The van der Waals surface area contributed by atoms with E-state index < -0.39 is 86.8 Å². The standard InChI is InChI=1S/C42H62O12.6CH4/c1-8-28(33(45)52-41-17-25-10-26(18-41)14-38(13-25,20-41)35(47)54-36(3,4)5)11-29(9-24(2)32(44)50-30-12-31(43)51-37(30,6)7)34(46)53-42-19-27-15-39(48,22-42)21-40(49,16-27)23-42;;;;;;/h24-30,48-49H,8-23H2,1-7H3;6*1H4. The lowest BCUT2D eigenvalue weighted by atomic mass is 9.48. The lowest BCUT2D eigenvalue weighted by molar-refractivity contribution is -0.263. The molecule has 1 aliphatic heterocycles. The largest absolute Gasteiger partial charge is 0.460 e. The Morgan fingerprint density at radius 1 is 0.717 bits per heavy atom. The third-order valence-electron chi connectivity index (χ3n) is 14.0. The summed E-state index contributed by atoms with van der Waals surface area (Å²) in [6.07, 6.45) is 6.34. The van der Waals surface area contributed by atoms with Crippen LogP contribution in [-0.2, 0) is 47.7 Å². The Kier molecular flexibility index (Phi) is 17.1. The maximum atomic E-state index is 14.4. The molecule has 8 bridgehead atoms. The third kappa shape index (κ3) is 10.9. The summed E-state index contributed by atoms with van der Waals surface area (Å²) in [4.78, 5) is 67.8. The highest BCUT2D eigenvalue weighted by molar-refractivity contribution is 5.80. The van der Waals surface area contributed by atoms with Gasteiger partial charge in [0.05, 0.1) is 40.8 Å². The zero-order valence-electron chi connectivity index (χ0n) is 33.3. The molecule has 1 saturated heterocycles. The van der Waals surface area contributed by atoms with Gasteiger partial charge in [-0.15, -0.1) is 0 Å². The number of cyclic esters (lactones) is 1. The highest BCUT2D eigenvalue weighted by Crippen LogP contribution is 2.64. The molecule has 8 saturated carbocycles. The van der Waals surface area contributed by atoms with Gasteiger partial charge in [-0.1, -0.05) is 58.4 Å². The minimum atomic E-state index is -1.11. The van der Waals surface area contributed by atoms with Gasteiger partial charge < -0.3 is 33.9 Å². The van der Waals surface area contributed by atoms with Crippen LogP contribution in [0.15, 0.2) is 0 Å². The molecule has 0 spiro atoms. The first kappa shape index (κ1) is 55.3. The summed E-state index contributed by atoms with van der Waals surface area (Å²) in [5.74, 6) is -4.08. The van der Waals surface area contributed by atoms with E-state index in [1.807, 2.05) is 27.7 Å². The lowest BCUT2D eigenvalue weighted by Crippen LogP contribution is -2.67. The SMILES string of the molecule is C.C.C.C.C.C.CCC(CC(CC(C)C(=O)OC1CC(=O)OC1(C)C)C(=O)OC12CC3CC(O)(CC(O)(C3)C1)C2)C(=O)OC12CC3CC(C1)CC(C(=O)OC(C)(C)C)(C3)C2. The van der Waals surface area contributed by atoms with E-state index >= 15 is 0 Å². The van der Waals surface area contributed by atoms with Gasteiger partial charge in [-0.25, -0.2) is 0 Å². The van der Waals surface area contributed by atoms with Gasteiger partial charge in [-0.3, -0.25) is 24.0 Å². The van der Waals surface area contributed by atoms with Gasteiger partial charge >= 0.3 is 29.8 Å². The van der Waals surface area contributed by atoms with Crippen LogP contribution in [0.25, 0.3) is 0 Å². The normalized spacial score (nSPS) is 37.3. The van der Waals surface area contributed by atoms with Crippen molar-refractivity contribution in [2.75, 3.05) is 0 Å². The molecule has 0 aromatic carbocycles. The summed E-state index contributed by atoms with van der Waals surface area (Å²) in [7, 11) is 0. The second-order valence-corrected chi connectivity index (χ2v) is 20.8. The van der Waals surface area contributed by atoms with Crippen LogP contribution >= 0.6 is 0 Å². The van der Waals surface area contributed by atoms with Crippen LogP contribution in [0, 0.1) is 40.9 Å². The predicted molar refractivity (Wildman–Crippen MR) is 232 cm³/mol. The molecule has 8 atom stereocenters. The second kappa shape index (κ2) is 18.5. The monoisotopic (exact) mass is 855 g/mol. The molecule has 9 aliphatic rings. The van der Waals surface area contributed by atoms with Gasteiger partial charge in [0.15, 0.2) is 6.10 Å². The molecule has 12 heteroatoms. The van der Waals surface area contributed by atoms with E-state index in [4.69, 9.17) is 23.7 Å². The predicted octanol–water partition coefficient (Wildman–Crippen LogP) is 9.46. The van der Waals surface area contributed by atoms with Crippen LogP contribution in [0.4, 0.5) is 0 Å². The maximum Gasteiger partial charge on any atom is 0.312 e. The number of esters is 5. The van der Waals surface area contributed by atoms with Crippen molar-refractivity contribution < 1.29 is 57.9 Å². The Labute approximate surface area is 363 Å². The number of hydrogen-bond donors (Lipinski definition) is 2. The number of carbonyl (C=O) groups is 5. The van der Waals surface area contributed by atoms with Gasteiger partial charge in [0.25, 0.3) is 0 Å². The summed E-state index contributed by atoms with van der Waals surface area (Å²) in [5.41, 5.74) is -6.34. The highest BCUT2D eigenvalue weighted by Gasteiger charge is 2.66.